The molecule has 0 aliphatic heterocycles. The third-order valence-corrected chi connectivity index (χ3v) is 4.70. The van der Waals surface area contributed by atoms with E-state index in [1.807, 2.05) is 6.07 Å². The lowest BCUT2D eigenvalue weighted by molar-refractivity contribution is 0.242. The minimum absolute atomic E-state index is 0.708. The van der Waals surface area contributed by atoms with E-state index in [2.05, 4.69) is 28.1 Å². The van der Waals surface area contributed by atoms with Gasteiger partial charge < -0.3 is 10.5 Å². The van der Waals surface area contributed by atoms with Crippen molar-refractivity contribution in [3.05, 3.63) is 28.2 Å². The molecule has 0 radical (unpaired) electrons. The molecule has 100 valence electrons. The summed E-state index contributed by atoms with van der Waals surface area (Å²) >= 11 is 3.55. The average Bonchev–Trinajstić information content (AvgIpc) is 2.39. The molecular formula is C15H22BrNO. The van der Waals surface area contributed by atoms with Crippen LogP contribution in [0.4, 0.5) is 0 Å². The second kappa shape index (κ2) is 6.58. The van der Waals surface area contributed by atoms with Crippen molar-refractivity contribution in [1.29, 1.82) is 0 Å². The third-order valence-electron chi connectivity index (χ3n) is 4.08. The molecule has 18 heavy (non-hydrogen) atoms. The molecule has 0 saturated heterocycles. The Balaban J connectivity index is 2.05. The van der Waals surface area contributed by atoms with Crippen molar-refractivity contribution in [2.24, 2.45) is 17.6 Å². The Morgan fingerprint density at radius 1 is 1.28 bits per heavy atom. The van der Waals surface area contributed by atoms with Gasteiger partial charge >= 0.3 is 0 Å². The second-order valence-electron chi connectivity index (χ2n) is 5.21. The molecule has 0 spiro atoms. The SMILES string of the molecule is COc1ccc(CC2CCCCC2CN)cc1Br. The fraction of sp³-hybridized carbons (Fsp3) is 0.600. The smallest absolute Gasteiger partial charge is 0.133 e. The van der Waals surface area contributed by atoms with Gasteiger partial charge in [0.1, 0.15) is 5.75 Å². The molecule has 1 aliphatic carbocycles. The number of nitrogens with two attached hydrogens (primary N) is 1. The maximum atomic E-state index is 5.89. The van der Waals surface area contributed by atoms with Gasteiger partial charge in [-0.1, -0.05) is 18.9 Å². The molecule has 1 saturated carbocycles. The highest BCUT2D eigenvalue weighted by molar-refractivity contribution is 9.10. The summed E-state index contributed by atoms with van der Waals surface area (Å²) in [6.07, 6.45) is 6.48. The van der Waals surface area contributed by atoms with Crippen molar-refractivity contribution in [2.75, 3.05) is 13.7 Å². The average molecular weight is 312 g/mol. The van der Waals surface area contributed by atoms with Crippen LogP contribution in [0.5, 0.6) is 5.75 Å². The standard InChI is InChI=1S/C15H22BrNO/c1-18-15-7-6-11(9-14(15)16)8-12-4-2-3-5-13(12)10-17/h6-7,9,12-13H,2-5,8,10,17H2,1H3. The van der Waals surface area contributed by atoms with Crippen molar-refractivity contribution >= 4 is 15.9 Å². The molecule has 2 nitrogen and oxygen atoms in total. The topological polar surface area (TPSA) is 35.2 Å². The molecule has 0 aromatic heterocycles. The van der Waals surface area contributed by atoms with Crippen LogP contribution in [0.15, 0.2) is 22.7 Å². The van der Waals surface area contributed by atoms with Crippen LogP contribution in [0.3, 0.4) is 0 Å². The van der Waals surface area contributed by atoms with Crippen LogP contribution >= 0.6 is 15.9 Å². The number of ether oxygens (including phenoxy) is 1. The Bertz CT molecular complexity index is 394. The van der Waals surface area contributed by atoms with Crippen LogP contribution < -0.4 is 10.5 Å². The summed E-state index contributed by atoms with van der Waals surface area (Å²) in [5, 5.41) is 0. The van der Waals surface area contributed by atoms with Gasteiger partial charge in [-0.05, 0) is 71.3 Å². The molecule has 2 unspecified atom stereocenters. The molecule has 1 aliphatic rings. The first kappa shape index (κ1) is 13.9. The molecular weight excluding hydrogens is 290 g/mol. The molecule has 3 heteroatoms. The summed E-state index contributed by atoms with van der Waals surface area (Å²) in [7, 11) is 1.70. The number of halogens is 1. The Labute approximate surface area is 118 Å². The van der Waals surface area contributed by atoms with Crippen LogP contribution in [0.25, 0.3) is 0 Å². The summed E-state index contributed by atoms with van der Waals surface area (Å²) in [6, 6.07) is 6.40. The Hall–Kier alpha value is -0.540. The van der Waals surface area contributed by atoms with Crippen molar-refractivity contribution in [3.63, 3.8) is 0 Å². The lowest BCUT2D eigenvalue weighted by Gasteiger charge is -2.30. The molecule has 0 heterocycles. The predicted octanol–water partition coefficient (Wildman–Crippen LogP) is 3.77. The summed E-state index contributed by atoms with van der Waals surface area (Å²) in [5.41, 5.74) is 7.28. The van der Waals surface area contributed by atoms with Crippen LogP contribution in [0.2, 0.25) is 0 Å². The quantitative estimate of drug-likeness (QED) is 0.918. The van der Waals surface area contributed by atoms with Crippen LogP contribution in [0.1, 0.15) is 31.2 Å². The zero-order chi connectivity index (χ0) is 13.0. The monoisotopic (exact) mass is 311 g/mol. The van der Waals surface area contributed by atoms with E-state index in [4.69, 9.17) is 10.5 Å². The fourth-order valence-corrected chi connectivity index (χ4v) is 3.59. The van der Waals surface area contributed by atoms with Gasteiger partial charge in [-0.3, -0.25) is 0 Å². The first-order valence-corrected chi connectivity index (χ1v) is 7.56. The third kappa shape index (κ3) is 3.27. The first-order chi connectivity index (χ1) is 8.74. The van der Waals surface area contributed by atoms with Crippen LogP contribution in [-0.2, 0) is 6.42 Å². The Kier molecular flexibility index (Phi) is 5.07. The van der Waals surface area contributed by atoms with E-state index in [1.54, 1.807) is 7.11 Å². The van der Waals surface area contributed by atoms with E-state index in [-0.39, 0.29) is 0 Å². The highest BCUT2D eigenvalue weighted by Crippen LogP contribution is 2.33. The molecule has 1 aromatic carbocycles. The zero-order valence-electron chi connectivity index (χ0n) is 11.0. The number of methoxy groups -OCH3 is 1. The maximum absolute atomic E-state index is 5.89. The summed E-state index contributed by atoms with van der Waals surface area (Å²) in [5.74, 6) is 2.36. The van der Waals surface area contributed by atoms with Crippen molar-refractivity contribution in [1.82, 2.24) is 0 Å². The van der Waals surface area contributed by atoms with Gasteiger partial charge in [0.25, 0.3) is 0 Å². The first-order valence-electron chi connectivity index (χ1n) is 6.77. The van der Waals surface area contributed by atoms with Gasteiger partial charge in [0.2, 0.25) is 0 Å². The van der Waals surface area contributed by atoms with E-state index < -0.39 is 0 Å². The van der Waals surface area contributed by atoms with E-state index in [1.165, 1.54) is 31.2 Å². The normalized spacial score (nSPS) is 23.9. The van der Waals surface area contributed by atoms with E-state index >= 15 is 0 Å². The fourth-order valence-electron chi connectivity index (χ4n) is 3.00. The van der Waals surface area contributed by atoms with E-state index in [0.717, 1.165) is 29.1 Å². The van der Waals surface area contributed by atoms with Crippen molar-refractivity contribution < 1.29 is 4.74 Å². The van der Waals surface area contributed by atoms with Gasteiger partial charge in [0, 0.05) is 0 Å². The minimum Gasteiger partial charge on any atom is -0.496 e. The van der Waals surface area contributed by atoms with Gasteiger partial charge in [0.15, 0.2) is 0 Å². The minimum atomic E-state index is 0.708. The lowest BCUT2D eigenvalue weighted by Crippen LogP contribution is -2.28. The molecule has 0 bridgehead atoms. The highest BCUT2D eigenvalue weighted by atomic mass is 79.9. The molecule has 2 N–H and O–H groups in total. The van der Waals surface area contributed by atoms with Crippen LogP contribution in [-0.4, -0.2) is 13.7 Å². The molecule has 2 rings (SSSR count). The lowest BCUT2D eigenvalue weighted by atomic mass is 9.76. The number of hydrogen-bond acceptors (Lipinski definition) is 2. The van der Waals surface area contributed by atoms with E-state index in [9.17, 15) is 0 Å². The number of hydrogen-bond donors (Lipinski definition) is 1. The zero-order valence-corrected chi connectivity index (χ0v) is 12.6. The largest absolute Gasteiger partial charge is 0.496 e. The van der Waals surface area contributed by atoms with Gasteiger partial charge in [-0.15, -0.1) is 0 Å². The summed E-state index contributed by atoms with van der Waals surface area (Å²) in [4.78, 5) is 0. The molecule has 2 atom stereocenters. The summed E-state index contributed by atoms with van der Waals surface area (Å²) < 4.78 is 6.31. The Morgan fingerprint density at radius 2 is 2.00 bits per heavy atom. The van der Waals surface area contributed by atoms with Gasteiger partial charge in [0.05, 0.1) is 11.6 Å². The molecule has 1 fully saturated rings. The van der Waals surface area contributed by atoms with Gasteiger partial charge in [-0.25, -0.2) is 0 Å². The van der Waals surface area contributed by atoms with Crippen molar-refractivity contribution in [2.45, 2.75) is 32.1 Å². The predicted molar refractivity (Wildman–Crippen MR) is 78.9 cm³/mol. The maximum Gasteiger partial charge on any atom is 0.133 e. The van der Waals surface area contributed by atoms with Gasteiger partial charge in [-0.2, -0.15) is 0 Å². The van der Waals surface area contributed by atoms with Crippen molar-refractivity contribution in [3.8, 4) is 5.75 Å². The number of rotatable bonds is 4. The molecule has 1 aromatic rings. The highest BCUT2D eigenvalue weighted by Gasteiger charge is 2.24. The Morgan fingerprint density at radius 3 is 2.61 bits per heavy atom. The van der Waals surface area contributed by atoms with E-state index in [0.29, 0.717) is 5.92 Å². The molecule has 0 amide bonds. The van der Waals surface area contributed by atoms with Crippen LogP contribution in [0, 0.1) is 11.8 Å². The number of benzene rings is 1. The summed E-state index contributed by atoms with van der Waals surface area (Å²) in [6.45, 7) is 0.835. The second-order valence-corrected chi connectivity index (χ2v) is 6.07.